The Bertz CT molecular complexity index is 646. The monoisotopic (exact) mass is 315 g/mol. The molecule has 1 aliphatic carbocycles. The summed E-state index contributed by atoms with van der Waals surface area (Å²) in [7, 11) is 0. The number of rotatable bonds is 6. The predicted molar refractivity (Wildman–Crippen MR) is 88.8 cm³/mol. The summed E-state index contributed by atoms with van der Waals surface area (Å²) in [6.45, 7) is 4.56. The van der Waals surface area contributed by atoms with Crippen LogP contribution in [-0.2, 0) is 11.3 Å². The quantitative estimate of drug-likeness (QED) is 0.832. The first-order valence-corrected chi connectivity index (χ1v) is 8.53. The number of carbonyl (C=O) groups excluding carboxylic acids is 1. The number of nitrogens with zero attached hydrogens (tertiary/aromatic N) is 2. The van der Waals surface area contributed by atoms with E-state index < -0.39 is 0 Å². The maximum absolute atomic E-state index is 12.2. The summed E-state index contributed by atoms with van der Waals surface area (Å²) in [5.41, 5.74) is 2.32. The second-order valence-corrected chi connectivity index (χ2v) is 7.23. The molecule has 1 saturated carbocycles. The van der Waals surface area contributed by atoms with E-state index >= 15 is 0 Å². The lowest BCUT2D eigenvalue weighted by atomic mass is 10.2. The highest BCUT2D eigenvalue weighted by Gasteiger charge is 2.25. The van der Waals surface area contributed by atoms with Gasteiger partial charge in [-0.2, -0.15) is 0 Å². The summed E-state index contributed by atoms with van der Waals surface area (Å²) in [5.74, 6) is 0.0640. The first-order valence-electron chi connectivity index (χ1n) is 7.65. The molecule has 0 unspecified atom stereocenters. The molecule has 22 heavy (non-hydrogen) atoms. The van der Waals surface area contributed by atoms with E-state index in [1.807, 2.05) is 19.4 Å². The molecule has 1 fully saturated rings. The van der Waals surface area contributed by atoms with Gasteiger partial charge in [0, 0.05) is 17.1 Å². The molecule has 0 saturated heterocycles. The van der Waals surface area contributed by atoms with Gasteiger partial charge in [0.1, 0.15) is 0 Å². The first kappa shape index (κ1) is 15.2. The molecule has 1 aliphatic rings. The van der Waals surface area contributed by atoms with E-state index in [4.69, 9.17) is 0 Å². The Morgan fingerprint density at radius 2 is 2.14 bits per heavy atom. The van der Waals surface area contributed by atoms with Gasteiger partial charge >= 0.3 is 0 Å². The van der Waals surface area contributed by atoms with Crippen molar-refractivity contribution >= 4 is 17.7 Å². The van der Waals surface area contributed by atoms with Crippen LogP contribution in [0.2, 0.25) is 0 Å². The highest BCUT2D eigenvalue weighted by molar-refractivity contribution is 8.00. The molecule has 0 radical (unpaired) electrons. The van der Waals surface area contributed by atoms with Gasteiger partial charge in [-0.05, 0) is 38.8 Å². The number of hydrogen-bond donors (Lipinski definition) is 1. The van der Waals surface area contributed by atoms with E-state index in [-0.39, 0.29) is 11.2 Å². The maximum Gasteiger partial charge on any atom is 0.233 e. The Labute approximate surface area is 135 Å². The summed E-state index contributed by atoms with van der Waals surface area (Å²) < 4.78 is 2.18. The zero-order valence-electron chi connectivity index (χ0n) is 13.0. The van der Waals surface area contributed by atoms with Crippen molar-refractivity contribution in [3.63, 3.8) is 0 Å². The predicted octanol–water partition coefficient (Wildman–Crippen LogP) is 3.32. The number of benzene rings is 1. The standard InChI is InChI=1S/C17H21N3OS/c1-12-3-7-16(8-4-12)22-13(2)17(21)19-10-15-9-18-11-20(15)14-5-6-14/h3-4,7-9,11,13-14H,5-6,10H2,1-2H3,(H,19,21)/t13-/m1/s1. The van der Waals surface area contributed by atoms with Gasteiger partial charge in [-0.3, -0.25) is 4.79 Å². The summed E-state index contributed by atoms with van der Waals surface area (Å²) in [6, 6.07) is 8.86. The minimum atomic E-state index is -0.111. The van der Waals surface area contributed by atoms with E-state index in [2.05, 4.69) is 46.1 Å². The van der Waals surface area contributed by atoms with Gasteiger partial charge in [0.25, 0.3) is 0 Å². The van der Waals surface area contributed by atoms with Gasteiger partial charge in [0.2, 0.25) is 5.91 Å². The molecule has 1 aromatic heterocycles. The van der Waals surface area contributed by atoms with Crippen LogP contribution in [0.1, 0.15) is 37.1 Å². The van der Waals surface area contributed by atoms with Crippen molar-refractivity contribution in [1.29, 1.82) is 0 Å². The Hall–Kier alpha value is -1.75. The zero-order valence-corrected chi connectivity index (χ0v) is 13.8. The van der Waals surface area contributed by atoms with Gasteiger partial charge < -0.3 is 9.88 Å². The first-order chi connectivity index (χ1) is 10.6. The van der Waals surface area contributed by atoms with Crippen LogP contribution < -0.4 is 5.32 Å². The van der Waals surface area contributed by atoms with Crippen LogP contribution >= 0.6 is 11.8 Å². The number of thioether (sulfide) groups is 1. The Morgan fingerprint density at radius 3 is 2.82 bits per heavy atom. The minimum Gasteiger partial charge on any atom is -0.350 e. The van der Waals surface area contributed by atoms with Crippen molar-refractivity contribution in [2.24, 2.45) is 0 Å². The SMILES string of the molecule is Cc1ccc(S[C@H](C)C(=O)NCc2cncn2C2CC2)cc1. The van der Waals surface area contributed by atoms with E-state index in [0.29, 0.717) is 12.6 Å². The van der Waals surface area contributed by atoms with Crippen LogP contribution in [0.15, 0.2) is 41.7 Å². The van der Waals surface area contributed by atoms with E-state index in [1.54, 1.807) is 11.8 Å². The summed E-state index contributed by atoms with van der Waals surface area (Å²) in [4.78, 5) is 17.6. The van der Waals surface area contributed by atoms with Crippen LogP contribution in [0.25, 0.3) is 0 Å². The molecule has 1 atom stereocenters. The zero-order chi connectivity index (χ0) is 15.5. The summed E-state index contributed by atoms with van der Waals surface area (Å²) in [6.07, 6.45) is 6.15. The molecule has 3 rings (SSSR count). The molecule has 1 N–H and O–H groups in total. The number of hydrogen-bond acceptors (Lipinski definition) is 3. The van der Waals surface area contributed by atoms with E-state index in [1.165, 1.54) is 18.4 Å². The number of carbonyl (C=O) groups is 1. The van der Waals surface area contributed by atoms with Crippen LogP contribution in [-0.4, -0.2) is 20.7 Å². The van der Waals surface area contributed by atoms with Gasteiger partial charge in [-0.25, -0.2) is 4.98 Å². The average molecular weight is 315 g/mol. The Morgan fingerprint density at radius 1 is 1.41 bits per heavy atom. The van der Waals surface area contributed by atoms with Crippen LogP contribution in [0, 0.1) is 6.92 Å². The second kappa shape index (κ2) is 6.57. The van der Waals surface area contributed by atoms with Crippen molar-refractivity contribution in [2.75, 3.05) is 0 Å². The molecule has 1 heterocycles. The van der Waals surface area contributed by atoms with Crippen LogP contribution in [0.3, 0.4) is 0 Å². The van der Waals surface area contributed by atoms with Crippen molar-refractivity contribution < 1.29 is 4.79 Å². The summed E-state index contributed by atoms with van der Waals surface area (Å²) >= 11 is 1.59. The molecule has 2 aromatic rings. The molecule has 1 aromatic carbocycles. The maximum atomic E-state index is 12.2. The lowest BCUT2D eigenvalue weighted by Crippen LogP contribution is -2.31. The summed E-state index contributed by atoms with van der Waals surface area (Å²) in [5, 5.41) is 2.91. The van der Waals surface area contributed by atoms with Gasteiger partial charge in [0.05, 0.1) is 23.8 Å². The topological polar surface area (TPSA) is 46.9 Å². The smallest absolute Gasteiger partial charge is 0.233 e. The van der Waals surface area contributed by atoms with Gasteiger partial charge in [-0.1, -0.05) is 17.7 Å². The molecular formula is C17H21N3OS. The lowest BCUT2D eigenvalue weighted by molar-refractivity contribution is -0.120. The molecule has 116 valence electrons. The van der Waals surface area contributed by atoms with Crippen molar-refractivity contribution in [1.82, 2.24) is 14.9 Å². The van der Waals surface area contributed by atoms with Crippen LogP contribution in [0.4, 0.5) is 0 Å². The number of aryl methyl sites for hydroxylation is 1. The Balaban J connectivity index is 1.52. The van der Waals surface area contributed by atoms with Crippen molar-refractivity contribution in [3.05, 3.63) is 48.0 Å². The molecule has 1 amide bonds. The average Bonchev–Trinajstić information content (AvgIpc) is 3.25. The number of aromatic nitrogens is 2. The second-order valence-electron chi connectivity index (χ2n) is 5.81. The van der Waals surface area contributed by atoms with Crippen molar-refractivity contribution in [3.8, 4) is 0 Å². The fourth-order valence-corrected chi connectivity index (χ4v) is 3.24. The van der Waals surface area contributed by atoms with Gasteiger partial charge in [0.15, 0.2) is 0 Å². The van der Waals surface area contributed by atoms with Crippen LogP contribution in [0.5, 0.6) is 0 Å². The number of amides is 1. The third kappa shape index (κ3) is 3.71. The minimum absolute atomic E-state index is 0.0640. The normalized spacial score (nSPS) is 15.5. The van der Waals surface area contributed by atoms with Crippen molar-refractivity contribution in [2.45, 2.75) is 49.4 Å². The molecule has 0 aliphatic heterocycles. The third-order valence-corrected chi connectivity index (χ3v) is 4.95. The number of nitrogens with one attached hydrogen (secondary N) is 1. The number of imidazole rings is 1. The Kier molecular flexibility index (Phi) is 4.52. The largest absolute Gasteiger partial charge is 0.350 e. The fourth-order valence-electron chi connectivity index (χ4n) is 2.35. The lowest BCUT2D eigenvalue weighted by Gasteiger charge is -2.13. The highest BCUT2D eigenvalue weighted by atomic mass is 32.2. The van der Waals surface area contributed by atoms with E-state index in [0.717, 1.165) is 10.6 Å². The molecule has 4 nitrogen and oxygen atoms in total. The fraction of sp³-hybridized carbons (Fsp3) is 0.412. The highest BCUT2D eigenvalue weighted by Crippen LogP contribution is 2.35. The van der Waals surface area contributed by atoms with Gasteiger partial charge in [-0.15, -0.1) is 11.8 Å². The van der Waals surface area contributed by atoms with E-state index in [9.17, 15) is 4.79 Å². The molecule has 0 spiro atoms. The third-order valence-electron chi connectivity index (χ3n) is 3.83. The molecular weight excluding hydrogens is 294 g/mol. The molecule has 5 heteroatoms. The molecule has 0 bridgehead atoms.